The summed E-state index contributed by atoms with van der Waals surface area (Å²) in [5.74, 6) is 0.683. The third-order valence-electron chi connectivity index (χ3n) is 1.63. The Morgan fingerprint density at radius 1 is 1.60 bits per heavy atom. The molecule has 0 aliphatic heterocycles. The maximum absolute atomic E-state index is 10.3. The maximum Gasteiger partial charge on any atom is 0.409 e. The van der Waals surface area contributed by atoms with Crippen LogP contribution >= 0.6 is 0 Å². The summed E-state index contributed by atoms with van der Waals surface area (Å²) in [4.78, 5) is 14.3. The molecule has 6 heteroatoms. The molecule has 1 aromatic heterocycles. The van der Waals surface area contributed by atoms with E-state index in [9.17, 15) is 4.79 Å². The first-order valence-electron chi connectivity index (χ1n) is 4.41. The number of aromatic nitrogens is 1. The number of hydrogen-bond donors (Lipinski definition) is 3. The van der Waals surface area contributed by atoms with E-state index in [4.69, 9.17) is 9.84 Å². The molecular formula is C9H13N3O3. The van der Waals surface area contributed by atoms with Crippen LogP contribution in [0.1, 0.15) is 0 Å². The van der Waals surface area contributed by atoms with Gasteiger partial charge in [-0.15, -0.1) is 0 Å². The normalized spacial score (nSPS) is 9.67. The lowest BCUT2D eigenvalue weighted by Crippen LogP contribution is -2.10. The summed E-state index contributed by atoms with van der Waals surface area (Å²) >= 11 is 0. The van der Waals surface area contributed by atoms with E-state index in [1.807, 2.05) is 0 Å². The van der Waals surface area contributed by atoms with Crippen LogP contribution < -0.4 is 10.6 Å². The van der Waals surface area contributed by atoms with E-state index in [2.05, 4.69) is 15.6 Å². The second-order valence-electron chi connectivity index (χ2n) is 2.78. The number of amides is 1. The van der Waals surface area contributed by atoms with Gasteiger partial charge in [-0.25, -0.2) is 9.78 Å². The number of carboxylic acid groups (broad SMARTS) is 1. The zero-order chi connectivity index (χ0) is 11.1. The number of methoxy groups -OCH3 is 1. The predicted molar refractivity (Wildman–Crippen MR) is 56.3 cm³/mol. The van der Waals surface area contributed by atoms with Gasteiger partial charge in [-0.3, -0.25) is 5.32 Å². The lowest BCUT2D eigenvalue weighted by molar-refractivity contribution is 0.209. The molecule has 0 unspecified atom stereocenters. The number of rotatable bonds is 5. The van der Waals surface area contributed by atoms with Crippen LogP contribution in [-0.4, -0.2) is 36.4 Å². The third kappa shape index (κ3) is 4.28. The number of anilines is 2. The van der Waals surface area contributed by atoms with Gasteiger partial charge >= 0.3 is 6.09 Å². The molecule has 0 atom stereocenters. The van der Waals surface area contributed by atoms with Crippen molar-refractivity contribution in [1.29, 1.82) is 0 Å². The minimum absolute atomic E-state index is 0.444. The van der Waals surface area contributed by atoms with Crippen molar-refractivity contribution >= 4 is 17.6 Å². The molecule has 0 fully saturated rings. The standard InChI is InChI=1S/C9H13N3O3/c1-15-5-4-10-8-3-2-7(6-11-8)12-9(13)14/h2-3,6,12H,4-5H2,1H3,(H,10,11)(H,13,14). The molecular weight excluding hydrogens is 198 g/mol. The second kappa shape index (κ2) is 5.82. The van der Waals surface area contributed by atoms with Crippen molar-refractivity contribution in [3.8, 4) is 0 Å². The minimum Gasteiger partial charge on any atom is -0.465 e. The Labute approximate surface area is 87.3 Å². The second-order valence-corrected chi connectivity index (χ2v) is 2.78. The van der Waals surface area contributed by atoms with Crippen molar-refractivity contribution in [1.82, 2.24) is 4.98 Å². The number of ether oxygens (including phenoxy) is 1. The average molecular weight is 211 g/mol. The van der Waals surface area contributed by atoms with Gasteiger partial charge in [-0.2, -0.15) is 0 Å². The van der Waals surface area contributed by atoms with Crippen molar-refractivity contribution in [2.75, 3.05) is 30.9 Å². The monoisotopic (exact) mass is 211 g/mol. The summed E-state index contributed by atoms with van der Waals surface area (Å²) in [6.45, 7) is 1.26. The van der Waals surface area contributed by atoms with Crippen molar-refractivity contribution in [3.05, 3.63) is 18.3 Å². The maximum atomic E-state index is 10.3. The van der Waals surface area contributed by atoms with E-state index in [0.717, 1.165) is 0 Å². The molecule has 0 aromatic carbocycles. The number of pyridine rings is 1. The molecule has 0 bridgehead atoms. The van der Waals surface area contributed by atoms with E-state index in [-0.39, 0.29) is 0 Å². The summed E-state index contributed by atoms with van der Waals surface area (Å²) in [6.07, 6.45) is 0.348. The summed E-state index contributed by atoms with van der Waals surface area (Å²) in [7, 11) is 1.62. The van der Waals surface area contributed by atoms with Crippen molar-refractivity contribution < 1.29 is 14.6 Å². The number of nitrogens with zero attached hydrogens (tertiary/aromatic N) is 1. The minimum atomic E-state index is -1.10. The summed E-state index contributed by atoms with van der Waals surface area (Å²) in [6, 6.07) is 3.33. The van der Waals surface area contributed by atoms with Crippen molar-refractivity contribution in [2.45, 2.75) is 0 Å². The van der Waals surface area contributed by atoms with Crippen molar-refractivity contribution in [2.24, 2.45) is 0 Å². The first-order chi connectivity index (χ1) is 7.22. The Hall–Kier alpha value is -1.82. The molecule has 0 radical (unpaired) electrons. The number of carbonyl (C=O) groups is 1. The van der Waals surface area contributed by atoms with Gasteiger partial charge in [0, 0.05) is 13.7 Å². The average Bonchev–Trinajstić information content (AvgIpc) is 2.20. The molecule has 0 aliphatic rings. The van der Waals surface area contributed by atoms with Crippen LogP contribution in [0.2, 0.25) is 0 Å². The third-order valence-corrected chi connectivity index (χ3v) is 1.63. The molecule has 0 aliphatic carbocycles. The SMILES string of the molecule is COCCNc1ccc(NC(=O)O)cn1. The zero-order valence-electron chi connectivity index (χ0n) is 8.36. The van der Waals surface area contributed by atoms with Crippen LogP contribution in [-0.2, 0) is 4.74 Å². The van der Waals surface area contributed by atoms with E-state index >= 15 is 0 Å². The summed E-state index contributed by atoms with van der Waals surface area (Å²) in [5, 5.41) is 13.7. The van der Waals surface area contributed by atoms with Crippen LogP contribution in [0.25, 0.3) is 0 Å². The fourth-order valence-electron chi connectivity index (χ4n) is 0.977. The van der Waals surface area contributed by atoms with Gasteiger partial charge < -0.3 is 15.2 Å². The Balaban J connectivity index is 2.45. The van der Waals surface area contributed by atoms with Crippen molar-refractivity contribution in [3.63, 3.8) is 0 Å². The largest absolute Gasteiger partial charge is 0.465 e. The van der Waals surface area contributed by atoms with Gasteiger partial charge in [0.2, 0.25) is 0 Å². The Morgan fingerprint density at radius 3 is 2.93 bits per heavy atom. The van der Waals surface area contributed by atoms with Crippen LogP contribution in [0, 0.1) is 0 Å². The highest BCUT2D eigenvalue weighted by molar-refractivity contribution is 5.82. The zero-order valence-corrected chi connectivity index (χ0v) is 8.36. The van der Waals surface area contributed by atoms with Gasteiger partial charge in [-0.1, -0.05) is 0 Å². The highest BCUT2D eigenvalue weighted by atomic mass is 16.5. The van der Waals surface area contributed by atoms with Crippen LogP contribution in [0.15, 0.2) is 18.3 Å². The number of hydrogen-bond acceptors (Lipinski definition) is 4. The molecule has 3 N–H and O–H groups in total. The first kappa shape index (κ1) is 11.3. The molecule has 0 saturated carbocycles. The Morgan fingerprint density at radius 2 is 2.40 bits per heavy atom. The fraction of sp³-hybridized carbons (Fsp3) is 0.333. The molecule has 1 rings (SSSR count). The quantitative estimate of drug-likeness (QED) is 0.638. The highest BCUT2D eigenvalue weighted by Crippen LogP contribution is 2.08. The van der Waals surface area contributed by atoms with Crippen LogP contribution in [0.3, 0.4) is 0 Å². The van der Waals surface area contributed by atoms with Crippen LogP contribution in [0.5, 0.6) is 0 Å². The summed E-state index contributed by atoms with van der Waals surface area (Å²) in [5.41, 5.74) is 0.444. The van der Waals surface area contributed by atoms with Gasteiger partial charge in [0.25, 0.3) is 0 Å². The molecule has 0 spiro atoms. The molecule has 1 amide bonds. The van der Waals surface area contributed by atoms with Crippen LogP contribution in [0.4, 0.5) is 16.3 Å². The molecule has 6 nitrogen and oxygen atoms in total. The van der Waals surface area contributed by atoms with Gasteiger partial charge in [0.05, 0.1) is 18.5 Å². The highest BCUT2D eigenvalue weighted by Gasteiger charge is 1.98. The lowest BCUT2D eigenvalue weighted by atomic mass is 10.4. The van der Waals surface area contributed by atoms with E-state index in [1.165, 1.54) is 6.20 Å². The smallest absolute Gasteiger partial charge is 0.409 e. The van der Waals surface area contributed by atoms with E-state index in [0.29, 0.717) is 24.7 Å². The number of nitrogens with one attached hydrogen (secondary N) is 2. The molecule has 1 aromatic rings. The fourth-order valence-corrected chi connectivity index (χ4v) is 0.977. The summed E-state index contributed by atoms with van der Waals surface area (Å²) < 4.78 is 4.86. The molecule has 0 saturated heterocycles. The molecule has 1 heterocycles. The van der Waals surface area contributed by atoms with Gasteiger partial charge in [0.1, 0.15) is 5.82 Å². The topological polar surface area (TPSA) is 83.5 Å². The van der Waals surface area contributed by atoms with Gasteiger partial charge in [-0.05, 0) is 12.1 Å². The first-order valence-corrected chi connectivity index (χ1v) is 4.41. The Kier molecular flexibility index (Phi) is 4.36. The molecule has 82 valence electrons. The molecule has 15 heavy (non-hydrogen) atoms. The van der Waals surface area contributed by atoms with Gasteiger partial charge in [0.15, 0.2) is 0 Å². The Bertz CT molecular complexity index is 313. The van der Waals surface area contributed by atoms with E-state index in [1.54, 1.807) is 19.2 Å². The lowest BCUT2D eigenvalue weighted by Gasteiger charge is -2.05. The predicted octanol–water partition coefficient (Wildman–Crippen LogP) is 1.23. The van der Waals surface area contributed by atoms with E-state index < -0.39 is 6.09 Å².